The predicted molar refractivity (Wildman–Crippen MR) is 123 cm³/mol. The first-order valence-corrected chi connectivity index (χ1v) is 10.6. The summed E-state index contributed by atoms with van der Waals surface area (Å²) >= 11 is 1.50. The molecule has 5 nitrogen and oxygen atoms in total. The van der Waals surface area contributed by atoms with E-state index in [-0.39, 0.29) is 18.0 Å². The molecule has 6 heteroatoms. The second-order valence-electron chi connectivity index (χ2n) is 7.60. The monoisotopic (exact) mass is 417 g/mol. The number of rotatable bonds is 4. The van der Waals surface area contributed by atoms with Gasteiger partial charge in [0.15, 0.2) is 0 Å². The highest BCUT2D eigenvalue weighted by atomic mass is 32.1. The Morgan fingerprint density at radius 3 is 2.47 bits per heavy atom. The van der Waals surface area contributed by atoms with Crippen LogP contribution in [-0.4, -0.2) is 15.5 Å². The number of anilines is 1. The van der Waals surface area contributed by atoms with Crippen molar-refractivity contribution in [3.63, 3.8) is 0 Å². The second kappa shape index (κ2) is 7.88. The van der Waals surface area contributed by atoms with Crippen LogP contribution in [0.1, 0.15) is 21.6 Å². The fourth-order valence-corrected chi connectivity index (χ4v) is 4.49. The van der Waals surface area contributed by atoms with Gasteiger partial charge in [-0.15, -0.1) is 11.3 Å². The molecule has 0 saturated carbocycles. The number of hydrogen-bond acceptors (Lipinski definition) is 4. The minimum absolute atomic E-state index is 0.0864. The highest BCUT2D eigenvalue weighted by Gasteiger charge is 2.18. The van der Waals surface area contributed by atoms with Gasteiger partial charge in [0.1, 0.15) is 11.4 Å². The lowest BCUT2D eigenvalue weighted by molar-refractivity contribution is -0.116. The summed E-state index contributed by atoms with van der Waals surface area (Å²) in [6.45, 7) is 8.04. The van der Waals surface area contributed by atoms with Crippen molar-refractivity contribution in [3.05, 3.63) is 80.7 Å². The van der Waals surface area contributed by atoms with Gasteiger partial charge in [-0.3, -0.25) is 14.2 Å². The van der Waals surface area contributed by atoms with E-state index in [1.807, 2.05) is 44.2 Å². The van der Waals surface area contributed by atoms with E-state index in [1.54, 1.807) is 0 Å². The number of aromatic nitrogens is 2. The highest BCUT2D eigenvalue weighted by Crippen LogP contribution is 2.36. The van der Waals surface area contributed by atoms with Crippen LogP contribution in [0, 0.1) is 27.7 Å². The minimum atomic E-state index is -0.262. The van der Waals surface area contributed by atoms with E-state index in [0.29, 0.717) is 15.9 Å². The van der Waals surface area contributed by atoms with E-state index >= 15 is 0 Å². The maximum atomic E-state index is 13.3. The molecule has 0 aliphatic rings. The molecule has 0 fully saturated rings. The molecule has 0 aliphatic carbocycles. The van der Waals surface area contributed by atoms with Crippen LogP contribution in [0.3, 0.4) is 0 Å². The Morgan fingerprint density at radius 2 is 1.77 bits per heavy atom. The summed E-state index contributed by atoms with van der Waals surface area (Å²) in [5.74, 6) is -0.262. The van der Waals surface area contributed by atoms with Crippen LogP contribution in [0.2, 0.25) is 0 Å². The summed E-state index contributed by atoms with van der Waals surface area (Å²) in [6, 6.07) is 13.8. The van der Waals surface area contributed by atoms with Crippen molar-refractivity contribution in [2.45, 2.75) is 34.2 Å². The first kappa shape index (κ1) is 20.0. The lowest BCUT2D eigenvalue weighted by atomic mass is 9.99. The molecule has 2 heterocycles. The van der Waals surface area contributed by atoms with E-state index in [1.165, 1.54) is 33.4 Å². The van der Waals surface area contributed by atoms with E-state index in [9.17, 15) is 9.59 Å². The standard InChI is InChI=1S/C24H23N3O2S/c1-14-5-9-19(10-6-14)26-20(28)12-27-13-25-23-22(24(27)29)21(17(4)30-23)18-8-7-15(2)16(3)11-18/h5-11,13H,12H2,1-4H3,(H,26,28). The summed E-state index contributed by atoms with van der Waals surface area (Å²) in [7, 11) is 0. The lowest BCUT2D eigenvalue weighted by Crippen LogP contribution is -2.27. The first-order chi connectivity index (χ1) is 14.3. The average Bonchev–Trinajstić information content (AvgIpc) is 3.05. The van der Waals surface area contributed by atoms with Gasteiger partial charge in [0.05, 0.1) is 11.7 Å². The van der Waals surface area contributed by atoms with Crippen LogP contribution in [0.5, 0.6) is 0 Å². The van der Waals surface area contributed by atoms with E-state index in [0.717, 1.165) is 21.6 Å². The topological polar surface area (TPSA) is 64.0 Å². The SMILES string of the molecule is Cc1ccc(NC(=O)Cn2cnc3sc(C)c(-c4ccc(C)c(C)c4)c3c2=O)cc1. The number of amides is 1. The molecule has 0 bridgehead atoms. The second-order valence-corrected chi connectivity index (χ2v) is 8.81. The van der Waals surface area contributed by atoms with Crippen LogP contribution in [0.15, 0.2) is 53.6 Å². The van der Waals surface area contributed by atoms with E-state index in [2.05, 4.69) is 36.3 Å². The zero-order valence-corrected chi connectivity index (χ0v) is 18.3. The van der Waals surface area contributed by atoms with Crippen molar-refractivity contribution < 1.29 is 4.79 Å². The average molecular weight is 418 g/mol. The predicted octanol–water partition coefficient (Wildman–Crippen LogP) is 5.00. The van der Waals surface area contributed by atoms with Crippen molar-refractivity contribution in [3.8, 4) is 11.1 Å². The Morgan fingerprint density at radius 1 is 1.03 bits per heavy atom. The minimum Gasteiger partial charge on any atom is -0.325 e. The van der Waals surface area contributed by atoms with Gasteiger partial charge in [-0.25, -0.2) is 4.98 Å². The molecule has 2 aromatic heterocycles. The van der Waals surface area contributed by atoms with Gasteiger partial charge >= 0.3 is 0 Å². The van der Waals surface area contributed by atoms with Gasteiger partial charge in [-0.2, -0.15) is 0 Å². The van der Waals surface area contributed by atoms with Crippen molar-refractivity contribution in [2.24, 2.45) is 0 Å². The van der Waals surface area contributed by atoms with Gasteiger partial charge < -0.3 is 5.32 Å². The summed E-state index contributed by atoms with van der Waals surface area (Å²) in [5.41, 5.74) is 5.91. The molecule has 152 valence electrons. The third-order valence-electron chi connectivity index (χ3n) is 5.30. The normalized spacial score (nSPS) is 11.1. The summed E-state index contributed by atoms with van der Waals surface area (Å²) < 4.78 is 1.38. The zero-order valence-electron chi connectivity index (χ0n) is 17.4. The van der Waals surface area contributed by atoms with Gasteiger partial charge in [-0.1, -0.05) is 35.9 Å². The molecule has 0 spiro atoms. The molecule has 0 atom stereocenters. The Kier molecular flexibility index (Phi) is 5.26. The van der Waals surface area contributed by atoms with Gasteiger partial charge in [0, 0.05) is 16.1 Å². The number of carbonyl (C=O) groups is 1. The van der Waals surface area contributed by atoms with Crippen molar-refractivity contribution >= 4 is 33.1 Å². The van der Waals surface area contributed by atoms with Crippen molar-refractivity contribution in [1.82, 2.24) is 9.55 Å². The van der Waals surface area contributed by atoms with Crippen molar-refractivity contribution in [2.75, 3.05) is 5.32 Å². The Labute approximate surface area is 179 Å². The maximum Gasteiger partial charge on any atom is 0.263 e. The zero-order chi connectivity index (χ0) is 21.4. The third kappa shape index (κ3) is 3.78. The summed E-state index contributed by atoms with van der Waals surface area (Å²) in [6.07, 6.45) is 1.46. The van der Waals surface area contributed by atoms with Gasteiger partial charge in [0.2, 0.25) is 5.91 Å². The van der Waals surface area contributed by atoms with Gasteiger partial charge in [-0.05, 0) is 56.5 Å². The molecular formula is C24H23N3O2S. The fourth-order valence-electron chi connectivity index (χ4n) is 3.49. The quantitative estimate of drug-likeness (QED) is 0.508. The van der Waals surface area contributed by atoms with E-state index < -0.39 is 0 Å². The molecule has 0 radical (unpaired) electrons. The Bertz CT molecular complexity index is 1320. The number of fused-ring (bicyclic) bond motifs is 1. The lowest BCUT2D eigenvalue weighted by Gasteiger charge is -2.09. The number of benzene rings is 2. The molecule has 4 rings (SSSR count). The van der Waals surface area contributed by atoms with Crippen LogP contribution in [0.25, 0.3) is 21.3 Å². The number of aryl methyl sites for hydroxylation is 4. The number of hydrogen-bond donors (Lipinski definition) is 1. The Balaban J connectivity index is 1.71. The van der Waals surface area contributed by atoms with E-state index in [4.69, 9.17) is 0 Å². The largest absolute Gasteiger partial charge is 0.325 e. The van der Waals surface area contributed by atoms with Crippen molar-refractivity contribution in [1.29, 1.82) is 0 Å². The number of carbonyl (C=O) groups excluding carboxylic acids is 1. The molecular weight excluding hydrogens is 394 g/mol. The molecule has 30 heavy (non-hydrogen) atoms. The molecule has 0 saturated heterocycles. The maximum absolute atomic E-state index is 13.3. The number of nitrogens with one attached hydrogen (secondary N) is 1. The fraction of sp³-hybridized carbons (Fsp3) is 0.208. The number of thiophene rings is 1. The summed E-state index contributed by atoms with van der Waals surface area (Å²) in [5, 5.41) is 3.41. The highest BCUT2D eigenvalue weighted by molar-refractivity contribution is 7.19. The Hall–Kier alpha value is -3.25. The van der Waals surface area contributed by atoms with Crippen LogP contribution in [0.4, 0.5) is 5.69 Å². The molecule has 0 aliphatic heterocycles. The molecule has 4 aromatic rings. The van der Waals surface area contributed by atoms with Crippen LogP contribution >= 0.6 is 11.3 Å². The number of nitrogens with zero attached hydrogens (tertiary/aromatic N) is 2. The molecule has 1 amide bonds. The molecule has 2 aromatic carbocycles. The first-order valence-electron chi connectivity index (χ1n) is 9.76. The van der Waals surface area contributed by atoms with Crippen LogP contribution in [-0.2, 0) is 11.3 Å². The van der Waals surface area contributed by atoms with Crippen LogP contribution < -0.4 is 10.9 Å². The third-order valence-corrected chi connectivity index (χ3v) is 6.31. The molecule has 1 N–H and O–H groups in total. The smallest absolute Gasteiger partial charge is 0.263 e. The molecule has 0 unspecified atom stereocenters. The van der Waals surface area contributed by atoms with Gasteiger partial charge in [0.25, 0.3) is 5.56 Å². The summed E-state index contributed by atoms with van der Waals surface area (Å²) in [4.78, 5) is 32.0.